The van der Waals surface area contributed by atoms with Gasteiger partial charge in [-0.2, -0.15) is 0 Å². The molecule has 0 saturated carbocycles. The second-order valence-corrected chi connectivity index (χ2v) is 9.26. The van der Waals surface area contributed by atoms with Gasteiger partial charge >= 0.3 is 0 Å². The van der Waals surface area contributed by atoms with Gasteiger partial charge in [-0.05, 0) is 100 Å². The molecule has 2 rings (SSSR count). The molecule has 0 aliphatic rings. The molecule has 0 saturated heterocycles. The topological polar surface area (TPSA) is 163 Å². The molecular weight excluding hydrogens is 559 g/mol. The van der Waals surface area contributed by atoms with Crippen molar-refractivity contribution in [3.05, 3.63) is 47.5 Å². The Morgan fingerprint density at radius 3 is 1.27 bits per heavy atom. The standard InChI is InChI=1S/C28H42N4O6.2ClH/c33-23-9-5-21(19-25(23)35)7-11-27(37)31-17-3-15-29-13-1-2-14-30-16-4-18-32-28(38)12-8-22-6-10-24(34)26(36)20-22;;/h5-6,9-10,19-20,29-30,33-36H,1-4,7-8,11-18H2,(H,31,37)(H,32,38);2*1H. The predicted octanol–water partition coefficient (Wildman–Crippen LogP) is 2.89. The van der Waals surface area contributed by atoms with E-state index in [0.717, 1.165) is 63.0 Å². The highest BCUT2D eigenvalue weighted by Gasteiger charge is 2.06. The highest BCUT2D eigenvalue weighted by molar-refractivity contribution is 5.85. The average Bonchev–Trinajstić information content (AvgIpc) is 2.90. The Morgan fingerprint density at radius 2 is 0.900 bits per heavy atom. The van der Waals surface area contributed by atoms with E-state index in [2.05, 4.69) is 21.3 Å². The summed E-state index contributed by atoms with van der Waals surface area (Å²) in [5, 5.41) is 50.2. The molecule has 0 radical (unpaired) electrons. The van der Waals surface area contributed by atoms with Crippen LogP contribution in [-0.2, 0) is 22.4 Å². The summed E-state index contributed by atoms with van der Waals surface area (Å²) >= 11 is 0. The van der Waals surface area contributed by atoms with Gasteiger partial charge in [-0.25, -0.2) is 0 Å². The van der Waals surface area contributed by atoms with E-state index in [0.29, 0.717) is 38.8 Å². The lowest BCUT2D eigenvalue weighted by Gasteiger charge is -2.08. The monoisotopic (exact) mass is 602 g/mol. The molecule has 0 atom stereocenters. The number of rotatable bonds is 19. The molecule has 12 heteroatoms. The van der Waals surface area contributed by atoms with Crippen LogP contribution in [0.25, 0.3) is 0 Å². The molecule has 2 aromatic carbocycles. The summed E-state index contributed by atoms with van der Waals surface area (Å²) in [7, 11) is 0. The van der Waals surface area contributed by atoms with Crippen LogP contribution in [0.2, 0.25) is 0 Å². The first-order valence-corrected chi connectivity index (χ1v) is 13.3. The van der Waals surface area contributed by atoms with Crippen molar-refractivity contribution < 1.29 is 30.0 Å². The smallest absolute Gasteiger partial charge is 0.220 e. The number of nitrogens with one attached hydrogen (secondary N) is 4. The second-order valence-electron chi connectivity index (χ2n) is 9.26. The number of halogens is 2. The van der Waals surface area contributed by atoms with Crippen LogP contribution >= 0.6 is 24.8 Å². The lowest BCUT2D eigenvalue weighted by Crippen LogP contribution is -2.28. The molecule has 0 aliphatic carbocycles. The number of amides is 2. The first kappa shape index (κ1) is 37.1. The van der Waals surface area contributed by atoms with Crippen LogP contribution in [0.4, 0.5) is 0 Å². The van der Waals surface area contributed by atoms with E-state index in [4.69, 9.17) is 0 Å². The van der Waals surface area contributed by atoms with Crippen LogP contribution in [0.15, 0.2) is 36.4 Å². The van der Waals surface area contributed by atoms with E-state index in [-0.39, 0.29) is 59.6 Å². The van der Waals surface area contributed by atoms with Crippen molar-refractivity contribution in [1.29, 1.82) is 0 Å². The number of unbranched alkanes of at least 4 members (excludes halogenated alkanes) is 1. The molecule has 0 heterocycles. The van der Waals surface area contributed by atoms with E-state index < -0.39 is 0 Å². The van der Waals surface area contributed by atoms with Gasteiger partial charge in [0.1, 0.15) is 0 Å². The molecule has 0 bridgehead atoms. The van der Waals surface area contributed by atoms with Crippen molar-refractivity contribution in [3.8, 4) is 23.0 Å². The normalized spacial score (nSPS) is 10.3. The average molecular weight is 604 g/mol. The maximum Gasteiger partial charge on any atom is 0.220 e. The maximum atomic E-state index is 11.9. The van der Waals surface area contributed by atoms with Gasteiger partial charge in [0.15, 0.2) is 23.0 Å². The number of phenolic OH excluding ortho intramolecular Hbond substituents is 4. The molecule has 2 aromatic rings. The van der Waals surface area contributed by atoms with Crippen LogP contribution in [0.3, 0.4) is 0 Å². The minimum atomic E-state index is -0.172. The van der Waals surface area contributed by atoms with Gasteiger partial charge in [0.2, 0.25) is 11.8 Å². The van der Waals surface area contributed by atoms with E-state index in [9.17, 15) is 30.0 Å². The number of hydrogen-bond donors (Lipinski definition) is 8. The largest absolute Gasteiger partial charge is 0.504 e. The molecule has 0 aromatic heterocycles. The summed E-state index contributed by atoms with van der Waals surface area (Å²) in [5.41, 5.74) is 1.61. The fourth-order valence-corrected chi connectivity index (χ4v) is 3.77. The van der Waals surface area contributed by atoms with Gasteiger partial charge in [-0.3, -0.25) is 9.59 Å². The summed E-state index contributed by atoms with van der Waals surface area (Å²) < 4.78 is 0. The fourth-order valence-electron chi connectivity index (χ4n) is 3.77. The summed E-state index contributed by atoms with van der Waals surface area (Å²) in [5.74, 6) is -0.729. The molecule has 8 N–H and O–H groups in total. The molecular formula is C28H44Cl2N4O6. The predicted molar refractivity (Wildman–Crippen MR) is 161 cm³/mol. The van der Waals surface area contributed by atoms with E-state index >= 15 is 0 Å². The van der Waals surface area contributed by atoms with Crippen LogP contribution < -0.4 is 21.3 Å². The van der Waals surface area contributed by atoms with Gasteiger partial charge in [0, 0.05) is 25.9 Å². The van der Waals surface area contributed by atoms with Crippen molar-refractivity contribution in [2.75, 3.05) is 39.3 Å². The van der Waals surface area contributed by atoms with Gasteiger partial charge in [-0.15, -0.1) is 24.8 Å². The van der Waals surface area contributed by atoms with Gasteiger partial charge in [0.25, 0.3) is 0 Å². The van der Waals surface area contributed by atoms with Gasteiger partial charge in [-0.1, -0.05) is 12.1 Å². The maximum absolute atomic E-state index is 11.9. The zero-order valence-corrected chi connectivity index (χ0v) is 24.4. The zero-order valence-electron chi connectivity index (χ0n) is 22.8. The number of aryl methyl sites for hydroxylation is 2. The number of phenols is 4. The number of carbonyl (C=O) groups is 2. The first-order valence-electron chi connectivity index (χ1n) is 13.3. The third kappa shape index (κ3) is 16.2. The van der Waals surface area contributed by atoms with Crippen LogP contribution in [0.5, 0.6) is 23.0 Å². The van der Waals surface area contributed by atoms with Crippen LogP contribution in [0.1, 0.15) is 49.7 Å². The zero-order chi connectivity index (χ0) is 27.6. The highest BCUT2D eigenvalue weighted by Crippen LogP contribution is 2.26. The third-order valence-corrected chi connectivity index (χ3v) is 6.02. The van der Waals surface area contributed by atoms with Gasteiger partial charge in [0.05, 0.1) is 0 Å². The van der Waals surface area contributed by atoms with Gasteiger partial charge < -0.3 is 41.7 Å². The van der Waals surface area contributed by atoms with E-state index in [1.165, 1.54) is 24.3 Å². The molecule has 40 heavy (non-hydrogen) atoms. The Kier molecular flexibility index (Phi) is 20.3. The first-order chi connectivity index (χ1) is 18.3. The fraction of sp³-hybridized carbons (Fsp3) is 0.500. The summed E-state index contributed by atoms with van der Waals surface area (Å²) in [6.07, 6.45) is 5.52. The second kappa shape index (κ2) is 21.8. The minimum Gasteiger partial charge on any atom is -0.504 e. The van der Waals surface area contributed by atoms with Crippen molar-refractivity contribution in [1.82, 2.24) is 21.3 Å². The Balaban J connectivity index is 0.00000760. The highest BCUT2D eigenvalue weighted by atomic mass is 35.5. The van der Waals surface area contributed by atoms with Crippen LogP contribution in [0, 0.1) is 0 Å². The molecule has 226 valence electrons. The van der Waals surface area contributed by atoms with Crippen molar-refractivity contribution in [2.24, 2.45) is 0 Å². The third-order valence-electron chi connectivity index (χ3n) is 6.02. The molecule has 0 unspecified atom stereocenters. The lowest BCUT2D eigenvalue weighted by atomic mass is 10.1. The Hall–Kier alpha value is -2.92. The molecule has 0 spiro atoms. The van der Waals surface area contributed by atoms with E-state index in [1.807, 2.05) is 0 Å². The summed E-state index contributed by atoms with van der Waals surface area (Å²) in [6.45, 7) is 4.76. The molecule has 2 amide bonds. The Bertz CT molecular complexity index is 933. The van der Waals surface area contributed by atoms with Crippen molar-refractivity contribution in [3.63, 3.8) is 0 Å². The quantitative estimate of drug-likeness (QED) is 0.0898. The molecule has 0 aliphatic heterocycles. The van der Waals surface area contributed by atoms with Crippen molar-refractivity contribution in [2.45, 2.75) is 51.4 Å². The van der Waals surface area contributed by atoms with Crippen molar-refractivity contribution >= 4 is 36.6 Å². The number of aromatic hydroxyl groups is 4. The number of hydrogen-bond acceptors (Lipinski definition) is 8. The lowest BCUT2D eigenvalue weighted by molar-refractivity contribution is -0.121. The minimum absolute atomic E-state index is 0. The number of carbonyl (C=O) groups excluding carboxylic acids is 2. The molecule has 10 nitrogen and oxygen atoms in total. The summed E-state index contributed by atoms with van der Waals surface area (Å²) in [6, 6.07) is 9.18. The van der Waals surface area contributed by atoms with E-state index in [1.54, 1.807) is 12.1 Å². The summed E-state index contributed by atoms with van der Waals surface area (Å²) in [4.78, 5) is 23.8. The molecule has 0 fully saturated rings. The SMILES string of the molecule is Cl.Cl.O=C(CCc1ccc(O)c(O)c1)NCCCNCCCCNCCCNC(=O)CCc1ccc(O)c(O)c1. The Labute approximate surface area is 248 Å². The number of benzene rings is 2. The van der Waals surface area contributed by atoms with Crippen LogP contribution in [-0.4, -0.2) is 71.5 Å². The Morgan fingerprint density at radius 1 is 0.525 bits per heavy atom.